The SMILES string of the molecule is CCCCCCCCCCCCCCCCCC(=O)OC(=S)CCC(=O)O. The Kier molecular flexibility index (Phi) is 19.1. The van der Waals surface area contributed by atoms with Crippen molar-refractivity contribution < 1.29 is 19.4 Å². The number of carboxylic acid groups (broad SMARTS) is 1. The van der Waals surface area contributed by atoms with Gasteiger partial charge in [-0.1, -0.05) is 96.8 Å². The summed E-state index contributed by atoms with van der Waals surface area (Å²) in [5.41, 5.74) is 0. The molecule has 0 aromatic rings. The van der Waals surface area contributed by atoms with Gasteiger partial charge in [0.05, 0.1) is 6.42 Å². The van der Waals surface area contributed by atoms with Crippen LogP contribution in [0, 0.1) is 0 Å². The Hall–Kier alpha value is -0.970. The van der Waals surface area contributed by atoms with Crippen molar-refractivity contribution in [3.63, 3.8) is 0 Å². The number of unbranched alkanes of at least 4 members (excludes halogenated alkanes) is 14. The van der Waals surface area contributed by atoms with Crippen LogP contribution in [-0.2, 0) is 14.3 Å². The number of esters is 1. The van der Waals surface area contributed by atoms with Crippen molar-refractivity contribution in [1.29, 1.82) is 0 Å². The van der Waals surface area contributed by atoms with E-state index in [0.29, 0.717) is 6.42 Å². The summed E-state index contributed by atoms with van der Waals surface area (Å²) in [7, 11) is 0. The van der Waals surface area contributed by atoms with Crippen molar-refractivity contribution in [1.82, 2.24) is 0 Å². The number of carboxylic acids is 1. The molecule has 1 N–H and O–H groups in total. The minimum Gasteiger partial charge on any atom is -0.481 e. The van der Waals surface area contributed by atoms with E-state index in [2.05, 4.69) is 6.92 Å². The van der Waals surface area contributed by atoms with Gasteiger partial charge >= 0.3 is 11.9 Å². The minimum atomic E-state index is -0.934. The van der Waals surface area contributed by atoms with Crippen molar-refractivity contribution in [3.05, 3.63) is 0 Å². The first kappa shape index (κ1) is 26.0. The van der Waals surface area contributed by atoms with E-state index in [1.54, 1.807) is 0 Å². The lowest BCUT2D eigenvalue weighted by molar-refractivity contribution is -0.138. The monoisotopic (exact) mass is 400 g/mol. The number of aliphatic carboxylic acids is 1. The number of thiocarbonyl (C=S) groups is 1. The topological polar surface area (TPSA) is 63.6 Å². The highest BCUT2D eigenvalue weighted by Gasteiger charge is 2.08. The molecule has 0 fully saturated rings. The fourth-order valence-corrected chi connectivity index (χ4v) is 3.27. The van der Waals surface area contributed by atoms with E-state index in [0.717, 1.165) is 19.3 Å². The number of ether oxygens (including phenoxy) is 1. The summed E-state index contributed by atoms with van der Waals surface area (Å²) in [6.45, 7) is 2.26. The molecule has 0 aliphatic heterocycles. The lowest BCUT2D eigenvalue weighted by atomic mass is 10.0. The molecule has 0 aromatic carbocycles. The van der Waals surface area contributed by atoms with Crippen molar-refractivity contribution in [3.8, 4) is 0 Å². The Balaban J connectivity index is 3.25. The maximum Gasteiger partial charge on any atom is 0.311 e. The summed E-state index contributed by atoms with van der Waals surface area (Å²) >= 11 is 4.85. The Labute approximate surface area is 171 Å². The molecule has 0 spiro atoms. The van der Waals surface area contributed by atoms with E-state index in [1.807, 2.05) is 0 Å². The zero-order valence-electron chi connectivity index (χ0n) is 17.3. The van der Waals surface area contributed by atoms with Crippen molar-refractivity contribution in [2.24, 2.45) is 0 Å². The average Bonchev–Trinajstić information content (AvgIpc) is 2.63. The summed E-state index contributed by atoms with van der Waals surface area (Å²) in [5, 5.41) is 8.63. The largest absolute Gasteiger partial charge is 0.481 e. The normalized spacial score (nSPS) is 10.7. The van der Waals surface area contributed by atoms with Crippen LogP contribution in [0.2, 0.25) is 0 Å². The molecule has 27 heavy (non-hydrogen) atoms. The zero-order valence-corrected chi connectivity index (χ0v) is 18.1. The van der Waals surface area contributed by atoms with Crippen LogP contribution in [0.4, 0.5) is 0 Å². The second-order valence-corrected chi connectivity index (χ2v) is 7.89. The number of rotatable bonds is 19. The highest BCUT2D eigenvalue weighted by molar-refractivity contribution is 7.80. The molecule has 0 aromatic heterocycles. The van der Waals surface area contributed by atoms with Crippen molar-refractivity contribution >= 4 is 29.2 Å². The maximum absolute atomic E-state index is 11.6. The van der Waals surface area contributed by atoms with Crippen LogP contribution in [0.3, 0.4) is 0 Å². The van der Waals surface area contributed by atoms with Gasteiger partial charge in [-0.25, -0.2) is 0 Å². The molecule has 4 nitrogen and oxygen atoms in total. The second-order valence-electron chi connectivity index (χ2n) is 7.44. The third-order valence-electron chi connectivity index (χ3n) is 4.76. The fourth-order valence-electron chi connectivity index (χ4n) is 3.08. The van der Waals surface area contributed by atoms with Gasteiger partial charge in [0.25, 0.3) is 0 Å². The van der Waals surface area contributed by atoms with Gasteiger partial charge in [-0.05, 0) is 18.6 Å². The standard InChI is InChI=1S/C22H40O4S/c1-2-3-4-5-6-7-8-9-10-11-12-13-14-15-16-17-21(25)26-22(27)19-18-20(23)24/h2-19H2,1H3,(H,23,24). The van der Waals surface area contributed by atoms with E-state index >= 15 is 0 Å². The molecule has 0 heterocycles. The van der Waals surface area contributed by atoms with Crippen LogP contribution in [0.1, 0.15) is 122 Å². The molecule has 0 aliphatic rings. The third kappa shape index (κ3) is 21.2. The van der Waals surface area contributed by atoms with Gasteiger partial charge in [-0.3, -0.25) is 9.59 Å². The van der Waals surface area contributed by atoms with E-state index < -0.39 is 5.97 Å². The van der Waals surface area contributed by atoms with Crippen LogP contribution in [0.25, 0.3) is 0 Å². The van der Waals surface area contributed by atoms with Crippen LogP contribution < -0.4 is 0 Å². The summed E-state index contributed by atoms with van der Waals surface area (Å²) in [5.74, 6) is -1.27. The van der Waals surface area contributed by atoms with Crippen LogP contribution in [-0.4, -0.2) is 22.1 Å². The fraction of sp³-hybridized carbons (Fsp3) is 0.864. The van der Waals surface area contributed by atoms with E-state index in [-0.39, 0.29) is 23.9 Å². The molecule has 0 radical (unpaired) electrons. The number of carbonyl (C=O) groups is 2. The first-order valence-corrected chi connectivity index (χ1v) is 11.4. The molecule has 158 valence electrons. The molecular formula is C22H40O4S. The highest BCUT2D eigenvalue weighted by Crippen LogP contribution is 2.14. The van der Waals surface area contributed by atoms with E-state index in [4.69, 9.17) is 22.1 Å². The van der Waals surface area contributed by atoms with Gasteiger partial charge in [0.1, 0.15) is 0 Å². The molecule has 0 rings (SSSR count). The third-order valence-corrected chi connectivity index (χ3v) is 5.04. The summed E-state index contributed by atoms with van der Waals surface area (Å²) in [6, 6.07) is 0. The molecule has 0 amide bonds. The molecular weight excluding hydrogens is 360 g/mol. The zero-order chi connectivity index (χ0) is 20.2. The van der Waals surface area contributed by atoms with Crippen LogP contribution >= 0.6 is 12.2 Å². The van der Waals surface area contributed by atoms with Gasteiger partial charge < -0.3 is 9.84 Å². The first-order chi connectivity index (χ1) is 13.1. The van der Waals surface area contributed by atoms with Gasteiger partial charge in [-0.15, -0.1) is 0 Å². The molecule has 5 heteroatoms. The summed E-state index contributed by atoms with van der Waals surface area (Å²) in [6.07, 6.45) is 19.7. The Morgan fingerprint density at radius 3 is 1.48 bits per heavy atom. The Morgan fingerprint density at radius 1 is 0.667 bits per heavy atom. The highest BCUT2D eigenvalue weighted by atomic mass is 32.1. The van der Waals surface area contributed by atoms with Crippen LogP contribution in [0.15, 0.2) is 0 Å². The smallest absolute Gasteiger partial charge is 0.311 e. The number of carbonyl (C=O) groups excluding carboxylic acids is 1. The minimum absolute atomic E-state index is 0.0864. The second kappa shape index (κ2) is 19.8. The van der Waals surface area contributed by atoms with Crippen LogP contribution in [0.5, 0.6) is 0 Å². The molecule has 0 saturated carbocycles. The molecule has 0 atom stereocenters. The number of hydrogen-bond acceptors (Lipinski definition) is 4. The average molecular weight is 401 g/mol. The van der Waals surface area contributed by atoms with Crippen molar-refractivity contribution in [2.45, 2.75) is 122 Å². The maximum atomic E-state index is 11.6. The molecule has 0 unspecified atom stereocenters. The Morgan fingerprint density at radius 2 is 1.07 bits per heavy atom. The predicted molar refractivity (Wildman–Crippen MR) is 115 cm³/mol. The quantitative estimate of drug-likeness (QED) is 0.144. The van der Waals surface area contributed by atoms with E-state index in [9.17, 15) is 9.59 Å². The van der Waals surface area contributed by atoms with Gasteiger partial charge in [0, 0.05) is 12.8 Å². The predicted octanol–water partition coefficient (Wildman–Crippen LogP) is 6.98. The Bertz CT molecular complexity index is 396. The van der Waals surface area contributed by atoms with Gasteiger partial charge in [0.2, 0.25) is 0 Å². The van der Waals surface area contributed by atoms with Gasteiger partial charge in [0.15, 0.2) is 5.05 Å². The molecule has 0 aliphatic carbocycles. The van der Waals surface area contributed by atoms with Crippen molar-refractivity contribution in [2.75, 3.05) is 0 Å². The molecule has 0 saturated heterocycles. The number of hydrogen-bond donors (Lipinski definition) is 1. The summed E-state index contributed by atoms with van der Waals surface area (Å²) in [4.78, 5) is 22.0. The lowest BCUT2D eigenvalue weighted by Gasteiger charge is -2.05. The molecule has 0 bridgehead atoms. The van der Waals surface area contributed by atoms with Gasteiger partial charge in [-0.2, -0.15) is 0 Å². The lowest BCUT2D eigenvalue weighted by Crippen LogP contribution is -2.11. The first-order valence-electron chi connectivity index (χ1n) is 11.0. The van der Waals surface area contributed by atoms with E-state index in [1.165, 1.54) is 77.0 Å². The summed E-state index contributed by atoms with van der Waals surface area (Å²) < 4.78 is 4.95.